The van der Waals surface area contributed by atoms with E-state index in [2.05, 4.69) is 15.3 Å². The topological polar surface area (TPSA) is 118 Å². The molecule has 0 atom stereocenters. The molecule has 0 saturated carbocycles. The maximum atomic E-state index is 11.6. The van der Waals surface area contributed by atoms with Crippen molar-refractivity contribution in [2.24, 2.45) is 0 Å². The van der Waals surface area contributed by atoms with E-state index in [0.717, 1.165) is 4.31 Å². The molecule has 0 unspecified atom stereocenters. The molecule has 0 saturated heterocycles. The van der Waals surface area contributed by atoms with Crippen LogP contribution in [0.25, 0.3) is 0 Å². The summed E-state index contributed by atoms with van der Waals surface area (Å²) in [6.45, 7) is 1.39. The lowest BCUT2D eigenvalue weighted by atomic mass is 10.3. The number of aryl methyl sites for hydroxylation is 1. The number of sulfonamides is 1. The molecule has 0 fully saturated rings. The van der Waals surface area contributed by atoms with Gasteiger partial charge in [0, 0.05) is 20.6 Å². The zero-order valence-corrected chi connectivity index (χ0v) is 12.7. The highest BCUT2D eigenvalue weighted by atomic mass is 35.5. The van der Waals surface area contributed by atoms with Crippen LogP contribution in [0.3, 0.4) is 0 Å². The van der Waals surface area contributed by atoms with E-state index in [1.165, 1.54) is 21.0 Å². The number of rotatable bonds is 6. The second kappa shape index (κ2) is 6.29. The highest BCUT2D eigenvalue weighted by Crippen LogP contribution is 2.26. The van der Waals surface area contributed by atoms with Crippen LogP contribution in [0.15, 0.2) is 0 Å². The summed E-state index contributed by atoms with van der Waals surface area (Å²) in [5, 5.41) is 13.4. The lowest BCUT2D eigenvalue weighted by Crippen LogP contribution is -2.28. The molecule has 0 radical (unpaired) electrons. The van der Waals surface area contributed by atoms with Crippen LogP contribution in [-0.4, -0.2) is 54.0 Å². The van der Waals surface area contributed by atoms with Crippen LogP contribution in [0, 0.1) is 17.0 Å². The molecule has 112 valence electrons. The summed E-state index contributed by atoms with van der Waals surface area (Å²) < 4.78 is 24.2. The summed E-state index contributed by atoms with van der Waals surface area (Å²) in [5.74, 6) is -0.320. The molecule has 9 nitrogen and oxygen atoms in total. The molecule has 0 aliphatic heterocycles. The lowest BCUT2D eigenvalue weighted by molar-refractivity contribution is -0.385. The van der Waals surface area contributed by atoms with Crippen molar-refractivity contribution in [2.75, 3.05) is 31.7 Å². The van der Waals surface area contributed by atoms with E-state index in [0.29, 0.717) is 0 Å². The molecular weight excluding hydrogens is 310 g/mol. The summed E-state index contributed by atoms with van der Waals surface area (Å²) in [4.78, 5) is 17.7. The van der Waals surface area contributed by atoms with Crippen LogP contribution < -0.4 is 5.32 Å². The average Bonchev–Trinajstić information content (AvgIpc) is 2.26. The lowest BCUT2D eigenvalue weighted by Gasteiger charge is -2.12. The second-order valence-electron chi connectivity index (χ2n) is 4.06. The van der Waals surface area contributed by atoms with Crippen molar-refractivity contribution in [2.45, 2.75) is 6.92 Å². The van der Waals surface area contributed by atoms with Crippen molar-refractivity contribution >= 4 is 33.1 Å². The minimum absolute atomic E-state index is 0.0336. The molecule has 1 rings (SSSR count). The third-order valence-electron chi connectivity index (χ3n) is 2.42. The first kappa shape index (κ1) is 16.5. The fourth-order valence-corrected chi connectivity index (χ4v) is 2.29. The molecule has 0 aliphatic rings. The predicted octanol–water partition coefficient (Wildman–Crippen LogP) is 0.650. The van der Waals surface area contributed by atoms with Gasteiger partial charge in [0.05, 0.1) is 10.7 Å². The van der Waals surface area contributed by atoms with Crippen molar-refractivity contribution in [3.63, 3.8) is 0 Å². The molecule has 1 N–H and O–H groups in total. The van der Waals surface area contributed by atoms with Crippen LogP contribution in [0.5, 0.6) is 0 Å². The zero-order valence-electron chi connectivity index (χ0n) is 11.1. The van der Waals surface area contributed by atoms with E-state index in [1.807, 2.05) is 0 Å². The number of hydrogen-bond acceptors (Lipinski definition) is 7. The third kappa shape index (κ3) is 3.99. The summed E-state index contributed by atoms with van der Waals surface area (Å²) >= 11 is 5.63. The molecule has 1 heterocycles. The number of anilines is 1. The normalized spacial score (nSPS) is 11.7. The fraction of sp³-hybridized carbons (Fsp3) is 0.556. The maximum absolute atomic E-state index is 11.6. The summed E-state index contributed by atoms with van der Waals surface area (Å²) in [6.07, 6.45) is 0. The maximum Gasteiger partial charge on any atom is 0.332 e. The highest BCUT2D eigenvalue weighted by Gasteiger charge is 2.22. The fourth-order valence-electron chi connectivity index (χ4n) is 1.36. The Labute approximate surface area is 121 Å². The Morgan fingerprint density at radius 3 is 2.50 bits per heavy atom. The van der Waals surface area contributed by atoms with Crippen molar-refractivity contribution in [1.82, 2.24) is 14.3 Å². The van der Waals surface area contributed by atoms with Gasteiger partial charge in [-0.1, -0.05) is 0 Å². The van der Waals surface area contributed by atoms with Crippen molar-refractivity contribution < 1.29 is 13.3 Å². The molecule has 20 heavy (non-hydrogen) atoms. The summed E-state index contributed by atoms with van der Waals surface area (Å²) in [6, 6.07) is 0. The number of nitro groups is 1. The Kier molecular flexibility index (Phi) is 5.20. The van der Waals surface area contributed by atoms with Gasteiger partial charge < -0.3 is 5.32 Å². The highest BCUT2D eigenvalue weighted by molar-refractivity contribution is 7.89. The molecule has 0 aromatic carbocycles. The van der Waals surface area contributed by atoms with Gasteiger partial charge in [0.15, 0.2) is 0 Å². The number of aromatic nitrogens is 2. The Morgan fingerprint density at radius 1 is 1.40 bits per heavy atom. The van der Waals surface area contributed by atoms with Crippen LogP contribution in [-0.2, 0) is 10.0 Å². The molecule has 1 aromatic rings. The Hall–Kier alpha value is -1.52. The Balaban J connectivity index is 2.91. The van der Waals surface area contributed by atoms with Gasteiger partial charge >= 0.3 is 5.69 Å². The minimum Gasteiger partial charge on any atom is -0.363 e. The van der Waals surface area contributed by atoms with E-state index in [4.69, 9.17) is 11.6 Å². The van der Waals surface area contributed by atoms with Gasteiger partial charge in [-0.2, -0.15) is 4.98 Å². The molecule has 0 spiro atoms. The van der Waals surface area contributed by atoms with Gasteiger partial charge in [0.25, 0.3) is 0 Å². The number of nitrogens with zero attached hydrogens (tertiary/aromatic N) is 4. The van der Waals surface area contributed by atoms with Crippen molar-refractivity contribution in [3.05, 3.63) is 21.1 Å². The third-order valence-corrected chi connectivity index (χ3v) is 4.42. The van der Waals surface area contributed by atoms with Gasteiger partial charge in [-0.05, 0) is 18.5 Å². The standard InChI is InChI=1S/C9H14ClN5O4S/c1-6-7(15(16)17)8(13-9(10)12-6)11-4-5-20(18,19)14(2)3/h4-5H2,1-3H3,(H,11,12,13). The quantitative estimate of drug-likeness (QED) is 0.463. The van der Waals surface area contributed by atoms with Gasteiger partial charge in [0.1, 0.15) is 5.69 Å². The van der Waals surface area contributed by atoms with Gasteiger partial charge in [0.2, 0.25) is 21.1 Å². The van der Waals surface area contributed by atoms with Crippen LogP contribution in [0.1, 0.15) is 5.69 Å². The van der Waals surface area contributed by atoms with E-state index < -0.39 is 14.9 Å². The van der Waals surface area contributed by atoms with E-state index in [1.54, 1.807) is 0 Å². The number of hydrogen-bond donors (Lipinski definition) is 1. The first-order valence-electron chi connectivity index (χ1n) is 5.47. The number of halogens is 1. The largest absolute Gasteiger partial charge is 0.363 e. The van der Waals surface area contributed by atoms with Crippen LogP contribution in [0.4, 0.5) is 11.5 Å². The monoisotopic (exact) mass is 323 g/mol. The van der Waals surface area contributed by atoms with E-state index >= 15 is 0 Å². The minimum atomic E-state index is -3.40. The molecule has 0 amide bonds. The van der Waals surface area contributed by atoms with E-state index in [9.17, 15) is 18.5 Å². The predicted molar refractivity (Wildman–Crippen MR) is 74.4 cm³/mol. The van der Waals surface area contributed by atoms with Crippen molar-refractivity contribution in [1.29, 1.82) is 0 Å². The molecular formula is C9H14ClN5O4S. The molecule has 0 aliphatic carbocycles. The SMILES string of the molecule is Cc1nc(Cl)nc(NCCS(=O)(=O)N(C)C)c1[N+](=O)[O-]. The smallest absolute Gasteiger partial charge is 0.332 e. The average molecular weight is 324 g/mol. The summed E-state index contributed by atoms with van der Waals surface area (Å²) in [5.41, 5.74) is -0.218. The summed E-state index contributed by atoms with van der Waals surface area (Å²) in [7, 11) is -0.585. The molecule has 0 bridgehead atoms. The van der Waals surface area contributed by atoms with Gasteiger partial charge in [-0.3, -0.25) is 10.1 Å². The first-order valence-corrected chi connectivity index (χ1v) is 7.46. The second-order valence-corrected chi connectivity index (χ2v) is 6.70. The zero-order chi connectivity index (χ0) is 15.5. The van der Waals surface area contributed by atoms with Gasteiger partial charge in [-0.15, -0.1) is 0 Å². The molecule has 1 aromatic heterocycles. The Morgan fingerprint density at radius 2 is 2.00 bits per heavy atom. The molecule has 11 heteroatoms. The van der Waals surface area contributed by atoms with Gasteiger partial charge in [-0.25, -0.2) is 17.7 Å². The van der Waals surface area contributed by atoms with Crippen LogP contribution >= 0.6 is 11.6 Å². The van der Waals surface area contributed by atoms with Crippen molar-refractivity contribution in [3.8, 4) is 0 Å². The van der Waals surface area contributed by atoms with E-state index in [-0.39, 0.29) is 34.8 Å². The first-order chi connectivity index (χ1) is 9.15. The number of nitrogens with one attached hydrogen (secondary N) is 1. The Bertz CT molecular complexity index is 619. The van der Waals surface area contributed by atoms with Crippen LogP contribution in [0.2, 0.25) is 5.28 Å².